The topological polar surface area (TPSA) is 93.2 Å². The summed E-state index contributed by atoms with van der Waals surface area (Å²) in [5.41, 5.74) is 4.30. The Morgan fingerprint density at radius 1 is 0.892 bits per heavy atom. The number of carbonyl (C=O) groups is 1. The summed E-state index contributed by atoms with van der Waals surface area (Å²) in [5.74, 6) is 1.51. The van der Waals surface area contributed by atoms with E-state index in [9.17, 15) is 4.79 Å². The van der Waals surface area contributed by atoms with Crippen LogP contribution in [-0.4, -0.2) is 57.9 Å². The molecule has 5 rings (SSSR count). The van der Waals surface area contributed by atoms with E-state index in [0.717, 1.165) is 49.6 Å². The van der Waals surface area contributed by atoms with Crippen LogP contribution in [0, 0.1) is 0 Å². The number of hydrogen-bond acceptors (Lipinski definition) is 7. The maximum Gasteiger partial charge on any atom is 0.354 e. The lowest BCUT2D eigenvalue weighted by molar-refractivity contribution is 0.0520. The fourth-order valence-electron chi connectivity index (χ4n) is 4.90. The zero-order valence-electron chi connectivity index (χ0n) is 21.3. The van der Waals surface area contributed by atoms with Gasteiger partial charge in [0.15, 0.2) is 12.5 Å². The summed E-state index contributed by atoms with van der Waals surface area (Å²) in [6, 6.07) is 15.3. The van der Waals surface area contributed by atoms with Gasteiger partial charge in [0.1, 0.15) is 23.9 Å². The fraction of sp³-hybridized carbons (Fsp3) is 0.250. The Labute approximate surface area is 213 Å². The van der Waals surface area contributed by atoms with Crippen molar-refractivity contribution >= 4 is 38.7 Å². The number of aromatic amines is 1. The molecule has 3 aromatic carbocycles. The van der Waals surface area contributed by atoms with E-state index in [0.29, 0.717) is 17.2 Å². The molecule has 192 valence electrons. The summed E-state index contributed by atoms with van der Waals surface area (Å²) in [6.07, 6.45) is 0. The molecule has 0 bridgehead atoms. The monoisotopic (exact) mass is 504 g/mol. The van der Waals surface area contributed by atoms with Crippen LogP contribution in [0.1, 0.15) is 10.5 Å². The summed E-state index contributed by atoms with van der Waals surface area (Å²) in [6.45, 7) is 0.255. The van der Waals surface area contributed by atoms with Gasteiger partial charge in [0, 0.05) is 30.4 Å². The molecule has 0 saturated carbocycles. The van der Waals surface area contributed by atoms with Crippen LogP contribution in [0.3, 0.4) is 0 Å². The second kappa shape index (κ2) is 10.0. The van der Waals surface area contributed by atoms with Crippen molar-refractivity contribution in [2.45, 2.75) is 6.73 Å². The van der Waals surface area contributed by atoms with Crippen LogP contribution in [0.15, 0.2) is 48.5 Å². The Balaban J connectivity index is 2.03. The van der Waals surface area contributed by atoms with Gasteiger partial charge in [-0.05, 0) is 29.8 Å². The highest BCUT2D eigenvalue weighted by molar-refractivity contribution is 6.27. The summed E-state index contributed by atoms with van der Waals surface area (Å²) in [7, 11) is 7.82. The van der Waals surface area contributed by atoms with Crippen LogP contribution in [0.25, 0.3) is 43.8 Å². The summed E-state index contributed by atoms with van der Waals surface area (Å²) in [5, 5.41) is 2.64. The van der Waals surface area contributed by atoms with E-state index >= 15 is 0 Å². The van der Waals surface area contributed by atoms with E-state index in [4.69, 9.17) is 28.4 Å². The van der Waals surface area contributed by atoms with Crippen molar-refractivity contribution < 1.29 is 33.2 Å². The number of aromatic nitrogens is 2. The van der Waals surface area contributed by atoms with Gasteiger partial charge in [0.25, 0.3) is 0 Å². The molecule has 9 heteroatoms. The third kappa shape index (κ3) is 3.92. The van der Waals surface area contributed by atoms with Crippen LogP contribution in [0.4, 0.5) is 0 Å². The fourth-order valence-corrected chi connectivity index (χ4v) is 4.90. The van der Waals surface area contributed by atoms with Crippen LogP contribution in [0.2, 0.25) is 0 Å². The molecular weight excluding hydrogens is 476 g/mol. The van der Waals surface area contributed by atoms with E-state index in [1.807, 2.05) is 53.1 Å². The number of esters is 1. The van der Waals surface area contributed by atoms with Crippen molar-refractivity contribution in [3.63, 3.8) is 0 Å². The Kier molecular flexibility index (Phi) is 6.64. The highest BCUT2D eigenvalue weighted by atomic mass is 16.7. The van der Waals surface area contributed by atoms with Crippen LogP contribution in [0.5, 0.6) is 17.2 Å². The lowest BCUT2D eigenvalue weighted by Crippen LogP contribution is -2.06. The smallest absolute Gasteiger partial charge is 0.354 e. The standard InChI is InChI=1S/C28H28N2O7/c1-32-14-30-25-18(7-6-8-21(25)35-4)23-19-13-20(28(31)36-5)29-24(19)22(27(26(23)30)37-15-33-2)16-9-11-17(34-3)12-10-16/h6-13,29H,14-15H2,1-5H3. The van der Waals surface area contributed by atoms with Gasteiger partial charge in [-0.25, -0.2) is 4.79 Å². The van der Waals surface area contributed by atoms with Gasteiger partial charge >= 0.3 is 5.97 Å². The lowest BCUT2D eigenvalue weighted by atomic mass is 9.97. The van der Waals surface area contributed by atoms with E-state index in [-0.39, 0.29) is 13.5 Å². The molecule has 0 radical (unpaired) electrons. The van der Waals surface area contributed by atoms with Crippen LogP contribution >= 0.6 is 0 Å². The molecule has 0 aliphatic rings. The molecule has 2 aromatic heterocycles. The molecule has 0 aliphatic heterocycles. The molecule has 2 heterocycles. The third-order valence-corrected chi connectivity index (χ3v) is 6.41. The molecule has 37 heavy (non-hydrogen) atoms. The van der Waals surface area contributed by atoms with Gasteiger partial charge in [-0.2, -0.15) is 0 Å². The number of rotatable bonds is 9. The maximum absolute atomic E-state index is 12.6. The number of carbonyl (C=O) groups excluding carboxylic acids is 1. The van der Waals surface area contributed by atoms with Gasteiger partial charge in [0.2, 0.25) is 0 Å². The Hall–Kier alpha value is -4.21. The molecule has 0 aliphatic carbocycles. The number of nitrogens with zero attached hydrogens (tertiary/aromatic N) is 1. The average molecular weight is 505 g/mol. The minimum Gasteiger partial charge on any atom is -0.497 e. The zero-order chi connectivity index (χ0) is 26.1. The van der Waals surface area contributed by atoms with E-state index in [2.05, 4.69) is 4.98 Å². The molecule has 0 spiro atoms. The highest BCUT2D eigenvalue weighted by Crippen LogP contribution is 2.49. The first-order valence-electron chi connectivity index (χ1n) is 11.6. The van der Waals surface area contributed by atoms with Crippen molar-refractivity contribution in [2.24, 2.45) is 0 Å². The number of nitrogens with one attached hydrogen (secondary N) is 1. The number of hydrogen-bond donors (Lipinski definition) is 1. The van der Waals surface area contributed by atoms with E-state index < -0.39 is 5.97 Å². The number of H-pyrrole nitrogens is 1. The number of para-hydroxylation sites is 1. The van der Waals surface area contributed by atoms with Gasteiger partial charge in [0.05, 0.1) is 43.4 Å². The van der Waals surface area contributed by atoms with Crippen molar-refractivity contribution in [1.29, 1.82) is 0 Å². The molecule has 1 N–H and O–H groups in total. The highest BCUT2D eigenvalue weighted by Gasteiger charge is 2.27. The van der Waals surface area contributed by atoms with Crippen molar-refractivity contribution in [1.82, 2.24) is 9.55 Å². The van der Waals surface area contributed by atoms with Gasteiger partial charge in [-0.1, -0.05) is 24.3 Å². The first-order valence-corrected chi connectivity index (χ1v) is 11.6. The van der Waals surface area contributed by atoms with Crippen molar-refractivity contribution in [2.75, 3.05) is 42.3 Å². The molecule has 9 nitrogen and oxygen atoms in total. The molecular formula is C28H28N2O7. The molecule has 5 aromatic rings. The number of benzene rings is 3. The molecule has 0 amide bonds. The number of fused-ring (bicyclic) bond motifs is 5. The van der Waals surface area contributed by atoms with Crippen molar-refractivity contribution in [3.8, 4) is 28.4 Å². The third-order valence-electron chi connectivity index (χ3n) is 6.41. The zero-order valence-corrected chi connectivity index (χ0v) is 21.3. The second-order valence-electron chi connectivity index (χ2n) is 8.37. The second-order valence-corrected chi connectivity index (χ2v) is 8.37. The van der Waals surface area contributed by atoms with Gasteiger partial charge < -0.3 is 38.0 Å². The largest absolute Gasteiger partial charge is 0.497 e. The van der Waals surface area contributed by atoms with Crippen LogP contribution < -0.4 is 14.2 Å². The quantitative estimate of drug-likeness (QED) is 0.214. The Bertz CT molecular complexity index is 1600. The van der Waals surface area contributed by atoms with Gasteiger partial charge in [-0.3, -0.25) is 0 Å². The van der Waals surface area contributed by atoms with Gasteiger partial charge in [-0.15, -0.1) is 0 Å². The minimum absolute atomic E-state index is 0.0139. The molecule has 0 fully saturated rings. The molecule has 0 saturated heterocycles. The average Bonchev–Trinajstić information content (AvgIpc) is 3.51. The molecule has 0 atom stereocenters. The maximum atomic E-state index is 12.6. The predicted octanol–water partition coefficient (Wildman–Crippen LogP) is 5.33. The first-order chi connectivity index (χ1) is 18.1. The van der Waals surface area contributed by atoms with Crippen LogP contribution in [-0.2, 0) is 20.9 Å². The number of ether oxygens (including phenoxy) is 6. The summed E-state index contributed by atoms with van der Waals surface area (Å²) < 4.78 is 35.4. The minimum atomic E-state index is -0.470. The summed E-state index contributed by atoms with van der Waals surface area (Å²) >= 11 is 0. The normalized spacial score (nSPS) is 11.4. The predicted molar refractivity (Wildman–Crippen MR) is 141 cm³/mol. The summed E-state index contributed by atoms with van der Waals surface area (Å²) in [4.78, 5) is 15.9. The van der Waals surface area contributed by atoms with Crippen molar-refractivity contribution in [3.05, 3.63) is 54.2 Å². The van der Waals surface area contributed by atoms with E-state index in [1.54, 1.807) is 28.4 Å². The Morgan fingerprint density at radius 2 is 1.68 bits per heavy atom. The molecule has 0 unspecified atom stereocenters. The number of methoxy groups -OCH3 is 5. The lowest BCUT2D eigenvalue weighted by Gasteiger charge is -2.17. The Morgan fingerprint density at radius 3 is 2.32 bits per heavy atom. The SMILES string of the molecule is COCOc1c(-c2ccc(OC)cc2)c2[nH]c(C(=O)OC)cc2c2c3cccc(OC)c3n(COC)c12. The first kappa shape index (κ1) is 24.5. The van der Waals surface area contributed by atoms with E-state index in [1.165, 1.54) is 7.11 Å².